The second-order valence-electron chi connectivity index (χ2n) is 24.4. The third-order valence-corrected chi connectivity index (χ3v) is 19.3. The van der Waals surface area contributed by atoms with E-state index in [0.29, 0.717) is 84.2 Å². The summed E-state index contributed by atoms with van der Waals surface area (Å²) in [6.45, 7) is 15.1. The van der Waals surface area contributed by atoms with Gasteiger partial charge in [0.05, 0.1) is 43.2 Å². The Hall–Kier alpha value is -3.80. The monoisotopic (exact) mass is 1160 g/mol. The van der Waals surface area contributed by atoms with Gasteiger partial charge in [-0.15, -0.1) is 5.92 Å². The minimum atomic E-state index is 0. The smallest absolute Gasteiger partial charge is 0.121 e. The third kappa shape index (κ3) is 16.3. The summed E-state index contributed by atoms with van der Waals surface area (Å²) in [6, 6.07) is 22.9. The Morgan fingerprint density at radius 3 is 0.704 bits per heavy atom. The molecule has 16 unspecified atom stereocenters. The van der Waals surface area contributed by atoms with Gasteiger partial charge in [-0.25, -0.2) is 14.2 Å². The average Bonchev–Trinajstić information content (AvgIpc) is 4.32. The van der Waals surface area contributed by atoms with E-state index in [1.807, 2.05) is 128 Å². The Morgan fingerprint density at radius 2 is 0.494 bits per heavy atom. The third-order valence-electron chi connectivity index (χ3n) is 19.3. The van der Waals surface area contributed by atoms with Crippen molar-refractivity contribution in [3.63, 3.8) is 0 Å². The van der Waals surface area contributed by atoms with Crippen LogP contribution in [0.1, 0.15) is 141 Å². The van der Waals surface area contributed by atoms with Crippen LogP contribution >= 0.6 is 0 Å². The fourth-order valence-electron chi connectivity index (χ4n) is 15.0. The van der Waals surface area contributed by atoms with Crippen molar-refractivity contribution in [3.05, 3.63) is 138 Å². The van der Waals surface area contributed by atoms with Gasteiger partial charge in [0.2, 0.25) is 0 Å². The Labute approximate surface area is 497 Å². The number of benzene rings is 4. The number of hydrogen-bond donors (Lipinski definition) is 14. The largest absolute Gasteiger partial charge is 0.569 e. The van der Waals surface area contributed by atoms with Crippen molar-refractivity contribution in [2.24, 2.45) is 47.3 Å². The number of aromatic hydroxyl groups is 4. The van der Waals surface area contributed by atoms with Crippen molar-refractivity contribution in [3.8, 4) is 23.0 Å². The Bertz CT molecular complexity index is 2050. The molecule has 0 aromatic heterocycles. The molecule has 9 fully saturated rings. The van der Waals surface area contributed by atoms with Gasteiger partial charge in [0.25, 0.3) is 0 Å². The molecule has 16 atom stereocenters. The minimum absolute atomic E-state index is 0. The first-order valence-electron chi connectivity index (χ1n) is 30.2. The second kappa shape index (κ2) is 31.9. The second-order valence-corrected chi connectivity index (χ2v) is 24.4. The van der Waals surface area contributed by atoms with E-state index in [1.165, 1.54) is 96.3 Å². The number of aliphatic hydroxyl groups is 2. The van der Waals surface area contributed by atoms with Crippen molar-refractivity contribution >= 4 is 0 Å². The number of rotatable bonds is 0. The molecule has 0 spiro atoms. The molecule has 15 heteroatoms. The molecular weight excluding hydrogens is 1060 g/mol. The maximum Gasteiger partial charge on any atom is 0.121 e. The predicted octanol–water partition coefficient (Wildman–Crippen LogP) is 10.8. The fourth-order valence-corrected chi connectivity index (χ4v) is 15.0. The summed E-state index contributed by atoms with van der Waals surface area (Å²) in [6.07, 6.45) is 26.4. The summed E-state index contributed by atoms with van der Waals surface area (Å²) in [4.78, 5) is 0. The molecule has 5 aliphatic heterocycles. The molecule has 5 heterocycles. The van der Waals surface area contributed by atoms with Crippen LogP contribution in [0.3, 0.4) is 0 Å². The van der Waals surface area contributed by atoms with E-state index in [0.717, 1.165) is 80.0 Å². The minimum Gasteiger partial charge on any atom is -0.569 e. The van der Waals surface area contributed by atoms with Crippen molar-refractivity contribution in [2.75, 3.05) is 0 Å². The summed E-state index contributed by atoms with van der Waals surface area (Å²) in [5.41, 5.74) is 7.52. The van der Waals surface area contributed by atoms with Gasteiger partial charge < -0.3 is 37.1 Å². The van der Waals surface area contributed by atoms with Gasteiger partial charge in [-0.05, 0) is 180 Å². The number of para-hydroxylation sites is 4. The Balaban J connectivity index is 0.000000208. The van der Waals surface area contributed by atoms with Crippen molar-refractivity contribution in [2.45, 2.75) is 201 Å². The van der Waals surface area contributed by atoms with E-state index in [1.54, 1.807) is 0 Å². The van der Waals surface area contributed by atoms with Crippen LogP contribution < -0.4 is 42.5 Å². The number of hydrogen-bond acceptors (Lipinski definition) is 14. The zero-order valence-corrected chi connectivity index (χ0v) is 50.7. The number of phenols is 4. The van der Waals surface area contributed by atoms with E-state index in [4.69, 9.17) is 10.2 Å². The van der Waals surface area contributed by atoms with Crippen LogP contribution in [0, 0.1) is 123 Å². The molecule has 4 aliphatic carbocycles. The van der Waals surface area contributed by atoms with Gasteiger partial charge in [0.1, 0.15) is 23.0 Å². The number of aryl methyl sites for hydroxylation is 8. The summed E-state index contributed by atoms with van der Waals surface area (Å²) < 4.78 is 0. The molecule has 455 valence electrons. The molecule has 14 nitrogen and oxygen atoms in total. The number of aliphatic hydroxyl groups excluding tert-OH is 2. The molecule has 14 N–H and O–H groups in total. The molecule has 0 amide bonds. The number of nitrogens with one attached hydrogen (secondary N) is 8. The van der Waals surface area contributed by atoms with Gasteiger partial charge in [-0.2, -0.15) is 6.42 Å². The Morgan fingerprint density at radius 1 is 0.309 bits per heavy atom. The summed E-state index contributed by atoms with van der Waals surface area (Å²) in [7, 11) is 4.50. The first-order valence-corrected chi connectivity index (χ1v) is 30.2. The van der Waals surface area contributed by atoms with E-state index in [9.17, 15) is 20.4 Å². The molecule has 5 saturated heterocycles. The average molecular weight is 1170 g/mol. The standard InChI is InChI=1S/C32H55N8.4C8H10O.2CH3O.Cu/c1-2-10-18-17(9-1)25-33-26(18)38-28-21-13-5-6-14-22(21)30(35-28)40-32-24-16-8-7-15-23(24)31(36-32)39-29-20-12-4-3-11-19(20)27(34-29)37-25;4*1-6-4-3-5-7(2)8(6)9;2*1-2;/h9,17-40H,1-8,10-16H2;4*3-5,9H,1-2H3;2*2H,1H2;/q-1;;;;;2*-1;. The summed E-state index contributed by atoms with van der Waals surface area (Å²) in [5, 5.41) is 84.0. The van der Waals surface area contributed by atoms with Crippen LogP contribution in [-0.2, 0) is 17.1 Å². The molecule has 13 rings (SSSR count). The predicted molar refractivity (Wildman–Crippen MR) is 322 cm³/mol. The first kappa shape index (κ1) is 66.3. The molecule has 1 radical (unpaired) electrons. The van der Waals surface area contributed by atoms with Crippen LogP contribution in [0.5, 0.6) is 23.0 Å². The van der Waals surface area contributed by atoms with Crippen molar-refractivity contribution < 1.29 is 47.7 Å². The Kier molecular flexibility index (Phi) is 26.1. The van der Waals surface area contributed by atoms with Gasteiger partial charge in [0, 0.05) is 23.2 Å². The first-order chi connectivity index (χ1) is 38.7. The van der Waals surface area contributed by atoms with E-state index in [2.05, 4.69) is 63.2 Å². The molecule has 4 aromatic rings. The van der Waals surface area contributed by atoms with Crippen LogP contribution in [0.4, 0.5) is 0 Å². The quantitative estimate of drug-likeness (QED) is 0.0583. The maximum absolute atomic E-state index is 9.21. The van der Waals surface area contributed by atoms with Gasteiger partial charge in [-0.3, -0.25) is 42.5 Å². The molecule has 8 bridgehead atoms. The normalized spacial score (nSPS) is 32.8. The van der Waals surface area contributed by atoms with E-state index < -0.39 is 0 Å². The molecule has 4 aromatic carbocycles. The van der Waals surface area contributed by atoms with Crippen molar-refractivity contribution in [1.29, 1.82) is 0 Å². The van der Waals surface area contributed by atoms with Crippen LogP contribution in [0.25, 0.3) is 0 Å². The van der Waals surface area contributed by atoms with Gasteiger partial charge >= 0.3 is 0 Å². The molecule has 9 aliphatic rings. The van der Waals surface area contributed by atoms with Gasteiger partial charge in [-0.1, -0.05) is 124 Å². The van der Waals surface area contributed by atoms with Crippen LogP contribution in [0.15, 0.2) is 72.8 Å². The summed E-state index contributed by atoms with van der Waals surface area (Å²) >= 11 is 0. The summed E-state index contributed by atoms with van der Waals surface area (Å²) in [5.74, 6) is 7.40. The SMILES string of the molecule is Cc1cccc(C)c1O.Cc1cccc(C)c1O.Cc1cccc(C)c1O.Cc1cccc(C)c1O.[CH-]1CCCC2C3NC(NC4NC(NC5NC(NC6NC(N3)C3CCCCC63)C3CCCCC53)C3CCCCC43)C12.[CH2-]O.[CH2-]O.[Cu]. The topological polar surface area (TPSA) is 218 Å². The molecule has 4 saturated carbocycles. The van der Waals surface area contributed by atoms with E-state index >= 15 is 0 Å². The fraction of sp³-hybridized carbons (Fsp3) is 0.591. The number of fused-ring (bicyclic) bond motifs is 20. The van der Waals surface area contributed by atoms with E-state index in [-0.39, 0.29) is 17.1 Å². The zero-order chi connectivity index (χ0) is 57.6. The zero-order valence-electron chi connectivity index (χ0n) is 49.7. The van der Waals surface area contributed by atoms with Crippen LogP contribution in [0.2, 0.25) is 0 Å². The maximum atomic E-state index is 9.21. The van der Waals surface area contributed by atoms with Crippen molar-refractivity contribution in [1.82, 2.24) is 42.5 Å². The number of phenolic OH excluding ortho intramolecular Hbond substituents is 4. The molecular formula is C66H101CuN8O6-3. The van der Waals surface area contributed by atoms with Gasteiger partial charge in [0.15, 0.2) is 0 Å². The molecule has 81 heavy (non-hydrogen) atoms. The van der Waals surface area contributed by atoms with Crippen LogP contribution in [-0.4, -0.2) is 80.0 Å².